The molecule has 80 valence electrons. The van der Waals surface area contributed by atoms with Gasteiger partial charge in [0.2, 0.25) is 6.41 Å². The summed E-state index contributed by atoms with van der Waals surface area (Å²) in [5.74, 6) is 0.999. The third kappa shape index (κ3) is 24.5. The molecule has 13 heavy (non-hydrogen) atoms. The number of hydrogen-bond donors (Lipinski definition) is 1. The number of nitrogens with one attached hydrogen (secondary N) is 1. The summed E-state index contributed by atoms with van der Waals surface area (Å²) in [5, 5.41) is 2.55. The molecule has 0 spiro atoms. The summed E-state index contributed by atoms with van der Waals surface area (Å²) in [7, 11) is 1.71. The van der Waals surface area contributed by atoms with Crippen molar-refractivity contribution in [2.45, 2.75) is 26.4 Å². The summed E-state index contributed by atoms with van der Waals surface area (Å²) in [6, 6.07) is 0. The maximum atomic E-state index is 9.56. The molecule has 0 unspecified atom stereocenters. The Balaban J connectivity index is 0. The third-order valence-electron chi connectivity index (χ3n) is 1.15. The molecular weight excluding hydrogens is 186 g/mol. The van der Waals surface area contributed by atoms with Gasteiger partial charge in [0.1, 0.15) is 0 Å². The van der Waals surface area contributed by atoms with Crippen molar-refractivity contribution in [3.8, 4) is 0 Å². The second kappa shape index (κ2) is 9.86. The molecular formula is C9H21NO2S. The van der Waals surface area contributed by atoms with Gasteiger partial charge in [0.15, 0.2) is 0 Å². The van der Waals surface area contributed by atoms with Crippen molar-refractivity contribution in [3.05, 3.63) is 0 Å². The van der Waals surface area contributed by atoms with E-state index in [1.807, 2.05) is 27.0 Å². The number of carbonyl (C=O) groups is 1. The molecule has 0 aromatic rings. The highest BCUT2D eigenvalue weighted by atomic mass is 32.2. The van der Waals surface area contributed by atoms with Crippen molar-refractivity contribution in [3.63, 3.8) is 0 Å². The number of hydrogen-bond acceptors (Lipinski definition) is 3. The zero-order valence-corrected chi connectivity index (χ0v) is 10.0. The molecule has 1 amide bonds. The number of amides is 1. The Kier molecular flexibility index (Phi) is 11.6. The van der Waals surface area contributed by atoms with E-state index in [0.717, 1.165) is 18.7 Å². The molecule has 4 heteroatoms. The van der Waals surface area contributed by atoms with Crippen molar-refractivity contribution in [2.75, 3.05) is 25.7 Å². The van der Waals surface area contributed by atoms with Crippen LogP contribution in [0.2, 0.25) is 0 Å². The summed E-state index contributed by atoms with van der Waals surface area (Å²) < 4.78 is 4.94. The SMILES string of the molecule is COC(C)(C)C.CSCCNC=O. The molecule has 0 aromatic heterocycles. The Labute approximate surface area is 85.6 Å². The first-order chi connectivity index (χ1) is 5.97. The van der Waals surface area contributed by atoms with E-state index < -0.39 is 0 Å². The van der Waals surface area contributed by atoms with Gasteiger partial charge in [-0.2, -0.15) is 11.8 Å². The summed E-state index contributed by atoms with van der Waals surface area (Å²) in [6.45, 7) is 6.84. The molecule has 3 nitrogen and oxygen atoms in total. The van der Waals surface area contributed by atoms with E-state index in [1.54, 1.807) is 18.9 Å². The highest BCUT2D eigenvalue weighted by Gasteiger charge is 2.03. The first-order valence-corrected chi connectivity index (χ1v) is 5.58. The van der Waals surface area contributed by atoms with E-state index in [2.05, 4.69) is 5.32 Å². The van der Waals surface area contributed by atoms with Crippen LogP contribution in [0, 0.1) is 0 Å². The van der Waals surface area contributed by atoms with E-state index in [4.69, 9.17) is 4.74 Å². The minimum atomic E-state index is 0.0417. The Bertz CT molecular complexity index is 113. The zero-order chi connectivity index (χ0) is 10.7. The average Bonchev–Trinajstić information content (AvgIpc) is 2.06. The van der Waals surface area contributed by atoms with Gasteiger partial charge in [0.05, 0.1) is 5.60 Å². The Morgan fingerprint density at radius 3 is 2.15 bits per heavy atom. The van der Waals surface area contributed by atoms with Gasteiger partial charge in [-0.1, -0.05) is 0 Å². The smallest absolute Gasteiger partial charge is 0.207 e. The number of carbonyl (C=O) groups excluding carboxylic acids is 1. The zero-order valence-electron chi connectivity index (χ0n) is 9.22. The monoisotopic (exact) mass is 207 g/mol. The van der Waals surface area contributed by atoms with Crippen LogP contribution in [0.5, 0.6) is 0 Å². The Morgan fingerprint density at radius 2 is 1.92 bits per heavy atom. The Morgan fingerprint density at radius 1 is 1.46 bits per heavy atom. The lowest BCUT2D eigenvalue weighted by Crippen LogP contribution is -2.15. The molecule has 1 N–H and O–H groups in total. The largest absolute Gasteiger partial charge is 0.379 e. The standard InChI is InChI=1S/C5H12O.C4H9NOS/c1-5(2,3)6-4;1-7-3-2-5-4-6/h1-4H3;4H,2-3H2,1H3,(H,5,6). The maximum Gasteiger partial charge on any atom is 0.207 e. The van der Waals surface area contributed by atoms with Crippen molar-refractivity contribution < 1.29 is 9.53 Å². The predicted molar refractivity (Wildman–Crippen MR) is 59.2 cm³/mol. The number of methoxy groups -OCH3 is 1. The number of ether oxygens (including phenoxy) is 1. The van der Waals surface area contributed by atoms with Crippen molar-refractivity contribution >= 4 is 18.2 Å². The van der Waals surface area contributed by atoms with Crippen molar-refractivity contribution in [1.29, 1.82) is 0 Å². The van der Waals surface area contributed by atoms with Crippen LogP contribution in [-0.4, -0.2) is 37.7 Å². The van der Waals surface area contributed by atoms with Crippen molar-refractivity contribution in [2.24, 2.45) is 0 Å². The van der Waals surface area contributed by atoms with Crippen LogP contribution in [0.1, 0.15) is 20.8 Å². The fourth-order valence-corrected chi connectivity index (χ4v) is 0.542. The average molecular weight is 207 g/mol. The van der Waals surface area contributed by atoms with Gasteiger partial charge in [0, 0.05) is 19.4 Å². The van der Waals surface area contributed by atoms with Crippen LogP contribution in [-0.2, 0) is 9.53 Å². The normalized spacial score (nSPS) is 9.92. The van der Waals surface area contributed by atoms with E-state index in [9.17, 15) is 4.79 Å². The number of thioether (sulfide) groups is 1. The van der Waals surface area contributed by atoms with E-state index in [-0.39, 0.29) is 5.60 Å². The summed E-state index contributed by atoms with van der Waals surface area (Å²) in [4.78, 5) is 9.56. The van der Waals surface area contributed by atoms with E-state index >= 15 is 0 Å². The quantitative estimate of drug-likeness (QED) is 0.561. The fraction of sp³-hybridized carbons (Fsp3) is 0.889. The van der Waals surface area contributed by atoms with Gasteiger partial charge in [-0.3, -0.25) is 4.79 Å². The lowest BCUT2D eigenvalue weighted by atomic mass is 10.2. The minimum Gasteiger partial charge on any atom is -0.379 e. The molecule has 0 fully saturated rings. The molecule has 0 saturated carbocycles. The lowest BCUT2D eigenvalue weighted by molar-refractivity contribution is -0.109. The third-order valence-corrected chi connectivity index (χ3v) is 1.76. The molecule has 0 saturated heterocycles. The fourth-order valence-electron chi connectivity index (χ4n) is 0.220. The number of rotatable bonds is 4. The molecule has 0 aromatic carbocycles. The molecule has 0 rings (SSSR count). The summed E-state index contributed by atoms with van der Waals surface area (Å²) in [6.07, 6.45) is 2.72. The van der Waals surface area contributed by atoms with Gasteiger partial charge in [-0.25, -0.2) is 0 Å². The molecule has 0 aliphatic heterocycles. The van der Waals surface area contributed by atoms with E-state index in [0.29, 0.717) is 0 Å². The highest BCUT2D eigenvalue weighted by Crippen LogP contribution is 2.02. The van der Waals surface area contributed by atoms with Gasteiger partial charge in [-0.15, -0.1) is 0 Å². The summed E-state index contributed by atoms with van der Waals surface area (Å²) >= 11 is 1.72. The van der Waals surface area contributed by atoms with Crippen molar-refractivity contribution in [1.82, 2.24) is 5.32 Å². The molecule has 0 heterocycles. The van der Waals surface area contributed by atoms with Crippen LogP contribution < -0.4 is 5.32 Å². The second-order valence-corrected chi connectivity index (χ2v) is 4.37. The lowest BCUT2D eigenvalue weighted by Gasteiger charge is -2.14. The van der Waals surface area contributed by atoms with Crippen LogP contribution in [0.3, 0.4) is 0 Å². The van der Waals surface area contributed by atoms with Gasteiger partial charge < -0.3 is 10.1 Å². The van der Waals surface area contributed by atoms with E-state index in [1.165, 1.54) is 0 Å². The molecule has 0 bridgehead atoms. The van der Waals surface area contributed by atoms with Gasteiger partial charge in [-0.05, 0) is 27.0 Å². The van der Waals surface area contributed by atoms with Gasteiger partial charge in [0.25, 0.3) is 0 Å². The maximum absolute atomic E-state index is 9.56. The van der Waals surface area contributed by atoms with Crippen LogP contribution in [0.4, 0.5) is 0 Å². The molecule has 0 atom stereocenters. The molecule has 0 radical (unpaired) electrons. The topological polar surface area (TPSA) is 38.3 Å². The Hall–Kier alpha value is -0.220. The molecule has 0 aliphatic carbocycles. The molecule has 0 aliphatic rings. The first-order valence-electron chi connectivity index (χ1n) is 4.19. The van der Waals surface area contributed by atoms with Crippen LogP contribution >= 0.6 is 11.8 Å². The summed E-state index contributed by atoms with van der Waals surface area (Å²) in [5.41, 5.74) is 0.0417. The van der Waals surface area contributed by atoms with Crippen LogP contribution in [0.15, 0.2) is 0 Å². The van der Waals surface area contributed by atoms with Crippen LogP contribution in [0.25, 0.3) is 0 Å². The predicted octanol–water partition coefficient (Wildman–Crippen LogP) is 1.53. The first kappa shape index (κ1) is 15.3. The second-order valence-electron chi connectivity index (χ2n) is 3.38. The van der Waals surface area contributed by atoms with Gasteiger partial charge >= 0.3 is 0 Å². The minimum absolute atomic E-state index is 0.0417. The highest BCUT2D eigenvalue weighted by molar-refractivity contribution is 7.98.